The number of hydrogen-bond acceptors (Lipinski definition) is 5. The number of aromatic amines is 1. The van der Waals surface area contributed by atoms with Crippen LogP contribution in [0.15, 0.2) is 52.9 Å². The number of nitrogens with zero attached hydrogens (tertiary/aromatic N) is 2. The molecule has 0 bridgehead atoms. The third kappa shape index (κ3) is 4.10. The van der Waals surface area contributed by atoms with Crippen molar-refractivity contribution in [3.63, 3.8) is 0 Å². The lowest BCUT2D eigenvalue weighted by Crippen LogP contribution is -2.40. The largest absolute Gasteiger partial charge is 0.349 e. The van der Waals surface area contributed by atoms with Gasteiger partial charge in [0.1, 0.15) is 5.69 Å². The average molecular weight is 399 g/mol. The average Bonchev–Trinajstić information content (AvgIpc) is 3.40. The van der Waals surface area contributed by atoms with E-state index in [0.29, 0.717) is 12.2 Å². The summed E-state index contributed by atoms with van der Waals surface area (Å²) in [6, 6.07) is 12.7. The number of benzene rings is 1. The van der Waals surface area contributed by atoms with Gasteiger partial charge in [-0.05, 0) is 53.4 Å². The normalized spacial score (nSPS) is 15.3. The van der Waals surface area contributed by atoms with Crippen LogP contribution >= 0.6 is 23.1 Å². The molecule has 0 saturated carbocycles. The molecule has 7 heteroatoms. The maximum atomic E-state index is 12.4. The number of rotatable bonds is 6. The third-order valence-corrected chi connectivity index (χ3v) is 6.75. The quantitative estimate of drug-likeness (QED) is 0.621. The molecule has 0 radical (unpaired) electrons. The summed E-state index contributed by atoms with van der Waals surface area (Å²) in [5, 5.41) is 11.8. The van der Waals surface area contributed by atoms with Crippen LogP contribution in [-0.2, 0) is 13.0 Å². The molecule has 2 N–H and O–H groups in total. The van der Waals surface area contributed by atoms with Gasteiger partial charge in [0.15, 0.2) is 0 Å². The molecule has 1 unspecified atom stereocenters. The van der Waals surface area contributed by atoms with Crippen molar-refractivity contribution >= 4 is 29.0 Å². The van der Waals surface area contributed by atoms with E-state index >= 15 is 0 Å². The van der Waals surface area contributed by atoms with Crippen LogP contribution in [0.4, 0.5) is 0 Å². The van der Waals surface area contributed by atoms with E-state index in [2.05, 4.69) is 62.4 Å². The van der Waals surface area contributed by atoms with Crippen molar-refractivity contribution in [2.24, 2.45) is 0 Å². The summed E-state index contributed by atoms with van der Waals surface area (Å²) >= 11 is 3.59. The molecule has 0 aliphatic carbocycles. The van der Waals surface area contributed by atoms with Crippen molar-refractivity contribution < 1.29 is 4.79 Å². The van der Waals surface area contributed by atoms with Crippen LogP contribution in [0.25, 0.3) is 0 Å². The monoisotopic (exact) mass is 398 g/mol. The predicted molar refractivity (Wildman–Crippen MR) is 110 cm³/mol. The van der Waals surface area contributed by atoms with E-state index < -0.39 is 0 Å². The molecule has 3 heterocycles. The van der Waals surface area contributed by atoms with Crippen LogP contribution in [0.3, 0.4) is 0 Å². The molecule has 140 valence electrons. The number of nitrogens with one attached hydrogen (secondary N) is 2. The molecule has 2 aromatic heterocycles. The fourth-order valence-electron chi connectivity index (χ4n) is 3.49. The Bertz CT molecular complexity index is 889. The first kappa shape index (κ1) is 18.3. The Balaban J connectivity index is 1.54. The lowest BCUT2D eigenvalue weighted by molar-refractivity contribution is 0.0923. The predicted octanol–water partition coefficient (Wildman–Crippen LogP) is 3.72. The van der Waals surface area contributed by atoms with Gasteiger partial charge < -0.3 is 5.32 Å². The standard InChI is InChI=1S/C20H22N4OS2/c1-26-16-4-2-14(3-5-16)18(12-21-20(25)17-6-9-22-23-17)24-10-7-19-15(13-24)8-11-27-19/h2-6,8-9,11,18H,7,10,12-13H2,1H3,(H,21,25)(H,22,23). The maximum Gasteiger partial charge on any atom is 0.269 e. The Hall–Kier alpha value is -2.09. The van der Waals surface area contributed by atoms with Crippen molar-refractivity contribution in [2.45, 2.75) is 23.9 Å². The van der Waals surface area contributed by atoms with Gasteiger partial charge in [-0.15, -0.1) is 23.1 Å². The van der Waals surface area contributed by atoms with Gasteiger partial charge >= 0.3 is 0 Å². The minimum atomic E-state index is -0.119. The van der Waals surface area contributed by atoms with E-state index in [1.165, 1.54) is 20.9 Å². The minimum Gasteiger partial charge on any atom is -0.349 e. The van der Waals surface area contributed by atoms with Crippen molar-refractivity contribution in [1.82, 2.24) is 20.4 Å². The molecule has 1 aliphatic heterocycles. The van der Waals surface area contributed by atoms with Crippen LogP contribution < -0.4 is 5.32 Å². The number of carbonyl (C=O) groups excluding carboxylic acids is 1. The zero-order valence-corrected chi connectivity index (χ0v) is 16.8. The Morgan fingerprint density at radius 2 is 2.19 bits per heavy atom. The fraction of sp³-hybridized carbons (Fsp3) is 0.300. The highest BCUT2D eigenvalue weighted by molar-refractivity contribution is 7.98. The molecule has 1 amide bonds. The molecule has 3 aromatic rings. The van der Waals surface area contributed by atoms with Gasteiger partial charge in [0.25, 0.3) is 5.91 Å². The van der Waals surface area contributed by atoms with E-state index in [9.17, 15) is 4.79 Å². The highest BCUT2D eigenvalue weighted by Crippen LogP contribution is 2.31. The van der Waals surface area contributed by atoms with Crippen molar-refractivity contribution in [3.8, 4) is 0 Å². The van der Waals surface area contributed by atoms with Crippen LogP contribution in [0.2, 0.25) is 0 Å². The summed E-state index contributed by atoms with van der Waals surface area (Å²) in [6.07, 6.45) is 4.75. The second kappa shape index (κ2) is 8.29. The molecular formula is C20H22N4OS2. The lowest BCUT2D eigenvalue weighted by Gasteiger charge is -2.35. The molecular weight excluding hydrogens is 376 g/mol. The van der Waals surface area contributed by atoms with Gasteiger partial charge in [-0.3, -0.25) is 14.8 Å². The Morgan fingerprint density at radius 3 is 2.93 bits per heavy atom. The summed E-state index contributed by atoms with van der Waals surface area (Å²) in [4.78, 5) is 17.6. The first-order valence-corrected chi connectivity index (χ1v) is 11.1. The van der Waals surface area contributed by atoms with Crippen LogP contribution in [0, 0.1) is 0 Å². The van der Waals surface area contributed by atoms with Gasteiger partial charge in [0.2, 0.25) is 0 Å². The minimum absolute atomic E-state index is 0.119. The van der Waals surface area contributed by atoms with E-state index in [4.69, 9.17) is 0 Å². The number of carbonyl (C=O) groups is 1. The number of amides is 1. The topological polar surface area (TPSA) is 61.0 Å². The third-order valence-electron chi connectivity index (χ3n) is 4.98. The highest BCUT2D eigenvalue weighted by Gasteiger charge is 2.26. The van der Waals surface area contributed by atoms with Gasteiger partial charge in [0, 0.05) is 35.6 Å². The zero-order chi connectivity index (χ0) is 18.6. The van der Waals surface area contributed by atoms with Crippen molar-refractivity contribution in [1.29, 1.82) is 0 Å². The van der Waals surface area contributed by atoms with Crippen molar-refractivity contribution in [3.05, 3.63) is 69.7 Å². The molecule has 1 aromatic carbocycles. The second-order valence-electron chi connectivity index (χ2n) is 6.56. The number of thioether (sulfide) groups is 1. The lowest BCUT2D eigenvalue weighted by atomic mass is 10.0. The molecule has 0 spiro atoms. The van der Waals surface area contributed by atoms with E-state index in [-0.39, 0.29) is 11.9 Å². The van der Waals surface area contributed by atoms with E-state index in [0.717, 1.165) is 19.5 Å². The maximum absolute atomic E-state index is 12.4. The molecule has 27 heavy (non-hydrogen) atoms. The Kier molecular flexibility index (Phi) is 5.61. The highest BCUT2D eigenvalue weighted by atomic mass is 32.2. The second-order valence-corrected chi connectivity index (χ2v) is 8.44. The summed E-state index contributed by atoms with van der Waals surface area (Å²) in [7, 11) is 0. The number of hydrogen-bond donors (Lipinski definition) is 2. The summed E-state index contributed by atoms with van der Waals surface area (Å²) in [5.41, 5.74) is 3.14. The summed E-state index contributed by atoms with van der Waals surface area (Å²) < 4.78 is 0. The first-order valence-electron chi connectivity index (χ1n) is 8.95. The van der Waals surface area contributed by atoms with Crippen LogP contribution in [0.5, 0.6) is 0 Å². The number of aromatic nitrogens is 2. The molecule has 1 aliphatic rings. The summed E-state index contributed by atoms with van der Waals surface area (Å²) in [5.74, 6) is -0.119. The number of H-pyrrole nitrogens is 1. The SMILES string of the molecule is CSc1ccc(C(CNC(=O)c2ccn[nH]2)N2CCc3sccc3C2)cc1. The van der Waals surface area contributed by atoms with Gasteiger partial charge in [0.05, 0.1) is 6.04 Å². The van der Waals surface area contributed by atoms with Crippen LogP contribution in [0.1, 0.15) is 32.5 Å². The van der Waals surface area contributed by atoms with Gasteiger partial charge in [-0.25, -0.2) is 0 Å². The Labute approximate surface area is 167 Å². The van der Waals surface area contributed by atoms with Gasteiger partial charge in [-0.2, -0.15) is 5.10 Å². The summed E-state index contributed by atoms with van der Waals surface area (Å²) in [6.45, 7) is 2.49. The van der Waals surface area contributed by atoms with Gasteiger partial charge in [-0.1, -0.05) is 12.1 Å². The van der Waals surface area contributed by atoms with E-state index in [1.807, 2.05) is 11.3 Å². The fourth-order valence-corrected chi connectivity index (χ4v) is 4.79. The molecule has 4 rings (SSSR count). The molecule has 1 atom stereocenters. The molecule has 0 saturated heterocycles. The first-order chi connectivity index (χ1) is 13.2. The molecule has 5 nitrogen and oxygen atoms in total. The zero-order valence-electron chi connectivity index (χ0n) is 15.1. The van der Waals surface area contributed by atoms with E-state index in [1.54, 1.807) is 24.0 Å². The number of thiophene rings is 1. The smallest absolute Gasteiger partial charge is 0.269 e. The molecule has 0 fully saturated rings. The Morgan fingerprint density at radius 1 is 1.33 bits per heavy atom. The number of fused-ring (bicyclic) bond motifs is 1. The van der Waals surface area contributed by atoms with Crippen molar-refractivity contribution in [2.75, 3.05) is 19.3 Å². The van der Waals surface area contributed by atoms with Crippen LogP contribution in [-0.4, -0.2) is 40.3 Å².